The number of carbonyl (C=O) groups is 3. The van der Waals surface area contributed by atoms with Gasteiger partial charge in [0, 0.05) is 20.6 Å². The van der Waals surface area contributed by atoms with Gasteiger partial charge < -0.3 is 48.0 Å². The summed E-state index contributed by atoms with van der Waals surface area (Å²) in [6.45, 7) is 7.24. The van der Waals surface area contributed by atoms with Crippen LogP contribution < -0.4 is 29.3 Å². The fourth-order valence-electron chi connectivity index (χ4n) is 5.73. The van der Waals surface area contributed by atoms with Crippen LogP contribution >= 0.6 is 0 Å². The normalized spacial score (nSPS) is 14.7. The summed E-state index contributed by atoms with van der Waals surface area (Å²) in [7, 11) is 3.65. The van der Waals surface area contributed by atoms with Gasteiger partial charge in [-0.1, -0.05) is 103 Å². The molecule has 0 saturated carbocycles. The minimum Gasteiger partial charge on any atom is -1.00 e. The van der Waals surface area contributed by atoms with E-state index >= 15 is 0 Å². The number of hydrogen-bond acceptors (Lipinski definition) is 6. The molecule has 0 bridgehead atoms. The first kappa shape index (κ1) is 42.9. The summed E-state index contributed by atoms with van der Waals surface area (Å²) in [5.74, 6) is -0.340. The predicted molar refractivity (Wildman–Crippen MR) is 173 cm³/mol. The number of ether oxygens (including phenoxy) is 3. The largest absolute Gasteiger partial charge is 1.00 e. The van der Waals surface area contributed by atoms with E-state index in [1.165, 1.54) is 123 Å². The number of methoxy groups -OCH3 is 1. The molecule has 0 aromatic rings. The number of hydrogen-bond donors (Lipinski definition) is 1. The Morgan fingerprint density at radius 2 is 1.23 bits per heavy atom. The summed E-state index contributed by atoms with van der Waals surface area (Å²) in [6, 6.07) is 0. The van der Waals surface area contributed by atoms with E-state index in [0.717, 1.165) is 35.3 Å². The van der Waals surface area contributed by atoms with Gasteiger partial charge in [0.05, 0.1) is 33.2 Å². The number of nitrogens with one attached hydrogen (secondary N) is 1. The SMILES string of the molecule is CCCCCCCCCCCCCCCCCCNC(=O)OCC(COC(=O)N(CC[N+]1(C)CCCCC1)C(C)=O)OC.[I-]. The molecular formula is C34H66IN3O6. The van der Waals surface area contributed by atoms with Gasteiger partial charge in [-0.3, -0.25) is 4.79 Å². The van der Waals surface area contributed by atoms with Crippen molar-refractivity contribution < 1.29 is 57.1 Å². The number of carbonyl (C=O) groups excluding carboxylic acids is 3. The molecule has 0 aromatic heterocycles. The van der Waals surface area contributed by atoms with Crippen molar-refractivity contribution in [2.45, 2.75) is 142 Å². The second kappa shape index (κ2) is 28.1. The zero-order valence-electron chi connectivity index (χ0n) is 28.7. The highest BCUT2D eigenvalue weighted by Crippen LogP contribution is 2.16. The van der Waals surface area contributed by atoms with E-state index in [1.54, 1.807) is 0 Å². The van der Waals surface area contributed by atoms with Crippen LogP contribution in [0.3, 0.4) is 0 Å². The summed E-state index contributed by atoms with van der Waals surface area (Å²) in [5.41, 5.74) is 0. The minimum absolute atomic E-state index is 0. The average molecular weight is 740 g/mol. The summed E-state index contributed by atoms with van der Waals surface area (Å²) in [4.78, 5) is 37.9. The number of likely N-dealkylation sites (N-methyl/N-ethyl adjacent to an activating group) is 1. The lowest BCUT2D eigenvalue weighted by Gasteiger charge is -2.38. The number of rotatable bonds is 25. The van der Waals surface area contributed by atoms with Crippen molar-refractivity contribution in [3.8, 4) is 0 Å². The molecule has 1 heterocycles. The highest BCUT2D eigenvalue weighted by atomic mass is 127. The van der Waals surface area contributed by atoms with Gasteiger partial charge in [-0.15, -0.1) is 0 Å². The van der Waals surface area contributed by atoms with Gasteiger partial charge in [0.2, 0.25) is 5.91 Å². The Balaban J connectivity index is 0.0000185. The van der Waals surface area contributed by atoms with Crippen LogP contribution in [0.1, 0.15) is 136 Å². The lowest BCUT2D eigenvalue weighted by atomic mass is 10.0. The van der Waals surface area contributed by atoms with E-state index in [0.29, 0.717) is 19.6 Å². The third-order valence-corrected chi connectivity index (χ3v) is 8.79. The second-order valence-electron chi connectivity index (χ2n) is 12.8. The van der Waals surface area contributed by atoms with Crippen LogP contribution in [-0.2, 0) is 19.0 Å². The summed E-state index contributed by atoms with van der Waals surface area (Å²) < 4.78 is 16.8. The van der Waals surface area contributed by atoms with E-state index in [9.17, 15) is 14.4 Å². The van der Waals surface area contributed by atoms with Crippen LogP contribution in [0, 0.1) is 0 Å². The van der Waals surface area contributed by atoms with Crippen molar-refractivity contribution in [1.29, 1.82) is 0 Å². The maximum Gasteiger partial charge on any atom is 0.416 e. The van der Waals surface area contributed by atoms with Gasteiger partial charge in [0.15, 0.2) is 0 Å². The number of amides is 3. The van der Waals surface area contributed by atoms with E-state index in [2.05, 4.69) is 19.3 Å². The molecule has 44 heavy (non-hydrogen) atoms. The molecule has 1 N–H and O–H groups in total. The lowest BCUT2D eigenvalue weighted by Crippen LogP contribution is -3.00. The van der Waals surface area contributed by atoms with Crippen molar-refractivity contribution in [2.24, 2.45) is 0 Å². The van der Waals surface area contributed by atoms with Crippen LogP contribution in [0.25, 0.3) is 0 Å². The Morgan fingerprint density at radius 1 is 0.750 bits per heavy atom. The molecule has 0 aliphatic carbocycles. The molecule has 0 radical (unpaired) electrons. The molecule has 0 aromatic carbocycles. The highest BCUT2D eigenvalue weighted by Gasteiger charge is 2.29. The zero-order chi connectivity index (χ0) is 31.6. The third kappa shape index (κ3) is 22.4. The number of halogens is 1. The van der Waals surface area contributed by atoms with Gasteiger partial charge >= 0.3 is 12.2 Å². The summed E-state index contributed by atoms with van der Waals surface area (Å²) in [6.07, 6.45) is 22.8. The van der Waals surface area contributed by atoms with E-state index in [4.69, 9.17) is 14.2 Å². The Bertz CT molecular complexity index is 736. The maximum absolute atomic E-state index is 12.6. The fraction of sp³-hybridized carbons (Fsp3) is 0.912. The molecule has 9 nitrogen and oxygen atoms in total. The molecule has 1 unspecified atom stereocenters. The molecule has 1 aliphatic heterocycles. The lowest BCUT2D eigenvalue weighted by molar-refractivity contribution is -0.913. The Kier molecular flexibility index (Phi) is 27.4. The van der Waals surface area contributed by atoms with Crippen molar-refractivity contribution in [1.82, 2.24) is 10.2 Å². The van der Waals surface area contributed by atoms with Crippen LogP contribution in [0.15, 0.2) is 0 Å². The number of quaternary nitrogens is 1. The Hall–Kier alpha value is -1.14. The summed E-state index contributed by atoms with van der Waals surface area (Å²) >= 11 is 0. The first-order chi connectivity index (χ1) is 20.8. The predicted octanol–water partition coefficient (Wildman–Crippen LogP) is 4.61. The van der Waals surface area contributed by atoms with Crippen LogP contribution in [0.5, 0.6) is 0 Å². The number of piperidine rings is 1. The first-order valence-corrected chi connectivity index (χ1v) is 17.5. The van der Waals surface area contributed by atoms with Gasteiger partial charge in [0.25, 0.3) is 0 Å². The second-order valence-corrected chi connectivity index (χ2v) is 12.8. The molecule has 1 fully saturated rings. The average Bonchev–Trinajstić information content (AvgIpc) is 2.99. The van der Waals surface area contributed by atoms with Crippen LogP contribution in [0.2, 0.25) is 0 Å². The maximum atomic E-state index is 12.6. The number of unbranched alkanes of at least 4 members (excludes halogenated alkanes) is 15. The molecule has 1 atom stereocenters. The molecule has 1 aliphatic rings. The molecule has 1 rings (SSSR count). The topological polar surface area (TPSA) is 94.2 Å². The van der Waals surface area contributed by atoms with Gasteiger partial charge in [-0.2, -0.15) is 0 Å². The van der Waals surface area contributed by atoms with Crippen molar-refractivity contribution in [3.05, 3.63) is 0 Å². The van der Waals surface area contributed by atoms with E-state index < -0.39 is 18.3 Å². The minimum atomic E-state index is -0.689. The smallest absolute Gasteiger partial charge is 0.416 e. The quantitative estimate of drug-likeness (QED) is 0.0836. The summed E-state index contributed by atoms with van der Waals surface area (Å²) in [5, 5.41) is 2.78. The van der Waals surface area contributed by atoms with Crippen molar-refractivity contribution >= 4 is 18.1 Å². The number of alkyl carbamates (subject to hydrolysis) is 1. The Labute approximate surface area is 286 Å². The molecule has 260 valence electrons. The molecule has 1 saturated heterocycles. The van der Waals surface area contributed by atoms with Gasteiger partial charge in [-0.25, -0.2) is 14.5 Å². The number of nitrogens with zero attached hydrogens (tertiary/aromatic N) is 2. The number of likely N-dealkylation sites (tertiary alicyclic amines) is 1. The van der Waals surface area contributed by atoms with Crippen LogP contribution in [0.4, 0.5) is 9.59 Å². The standard InChI is InChI=1S/C34H65N3O6.HI/c1-5-6-7-8-9-10-11-12-13-14-15-16-17-18-19-21-24-35-33(39)42-29-32(41-4)30-43-34(40)36(31(2)38)25-28-37(3)26-22-20-23-27-37;/h32H,5-30H2,1-4H3;1H. The highest BCUT2D eigenvalue weighted by molar-refractivity contribution is 5.90. The number of imide groups is 1. The van der Waals surface area contributed by atoms with Crippen molar-refractivity contribution in [2.75, 3.05) is 60.1 Å². The van der Waals surface area contributed by atoms with Crippen molar-refractivity contribution in [3.63, 3.8) is 0 Å². The van der Waals surface area contributed by atoms with E-state index in [1.807, 2.05) is 0 Å². The fourth-order valence-corrected chi connectivity index (χ4v) is 5.73. The molecule has 10 heteroatoms. The van der Waals surface area contributed by atoms with E-state index in [-0.39, 0.29) is 43.1 Å². The van der Waals surface area contributed by atoms with Gasteiger partial charge in [0.1, 0.15) is 19.3 Å². The third-order valence-electron chi connectivity index (χ3n) is 8.79. The first-order valence-electron chi connectivity index (χ1n) is 17.5. The van der Waals surface area contributed by atoms with Gasteiger partial charge in [-0.05, 0) is 25.7 Å². The monoisotopic (exact) mass is 739 g/mol. The van der Waals surface area contributed by atoms with Crippen LogP contribution in [-0.4, -0.2) is 93.7 Å². The zero-order valence-corrected chi connectivity index (χ0v) is 30.8. The molecular weight excluding hydrogens is 673 g/mol. The Morgan fingerprint density at radius 3 is 1.70 bits per heavy atom. The molecule has 0 spiro atoms. The molecule has 3 amide bonds.